The number of aryl methyl sites for hydroxylation is 1. The molecule has 1 N–H and O–H groups in total. The summed E-state index contributed by atoms with van der Waals surface area (Å²) in [7, 11) is 0. The first-order valence-electron chi connectivity index (χ1n) is 8.95. The Morgan fingerprint density at radius 2 is 2.19 bits per heavy atom. The second-order valence-corrected chi connectivity index (χ2v) is 7.19. The predicted octanol–water partition coefficient (Wildman–Crippen LogP) is 4.13. The molecule has 3 rings (SSSR count). The lowest BCUT2D eigenvalue weighted by atomic mass is 10.0. The highest BCUT2D eigenvalue weighted by Gasteiger charge is 2.19. The third kappa shape index (κ3) is 3.88. The predicted molar refractivity (Wildman–Crippen MR) is 103 cm³/mol. The van der Waals surface area contributed by atoms with Crippen LogP contribution in [0.2, 0.25) is 0 Å². The number of nitrogens with one attached hydrogen (secondary N) is 1. The van der Waals surface area contributed by atoms with E-state index in [2.05, 4.69) is 21.6 Å². The third-order valence-electron chi connectivity index (χ3n) is 4.47. The molecule has 7 heteroatoms. The van der Waals surface area contributed by atoms with Gasteiger partial charge in [0.25, 0.3) is 0 Å². The molecule has 138 valence electrons. The average Bonchev–Trinajstić information content (AvgIpc) is 3.35. The lowest BCUT2D eigenvalue weighted by molar-refractivity contribution is -0.125. The van der Waals surface area contributed by atoms with Crippen LogP contribution in [0.5, 0.6) is 0 Å². The Morgan fingerprint density at radius 1 is 1.38 bits per heavy atom. The quantitative estimate of drug-likeness (QED) is 0.645. The smallest absolute Gasteiger partial charge is 0.223 e. The summed E-state index contributed by atoms with van der Waals surface area (Å²) in [6.45, 7) is 7.13. The highest BCUT2D eigenvalue weighted by atomic mass is 32.1. The third-order valence-corrected chi connectivity index (χ3v) is 5.34. The monoisotopic (exact) mass is 372 g/mol. The maximum Gasteiger partial charge on any atom is 0.223 e. The van der Waals surface area contributed by atoms with Gasteiger partial charge in [-0.1, -0.05) is 25.1 Å². The SMILES string of the molecule is CCC(CC)C(=O)NCCn1ncc(-c2cc(C)no2)c1-c1cccs1. The maximum atomic E-state index is 12.2. The lowest BCUT2D eigenvalue weighted by Gasteiger charge is -2.13. The van der Waals surface area contributed by atoms with Gasteiger partial charge in [0.05, 0.1) is 34.6 Å². The van der Waals surface area contributed by atoms with Crippen LogP contribution in [0.1, 0.15) is 32.4 Å². The second-order valence-electron chi connectivity index (χ2n) is 6.24. The van der Waals surface area contributed by atoms with E-state index in [1.54, 1.807) is 17.5 Å². The fourth-order valence-electron chi connectivity index (χ4n) is 2.99. The van der Waals surface area contributed by atoms with Crippen LogP contribution in [-0.2, 0) is 11.3 Å². The van der Waals surface area contributed by atoms with Gasteiger partial charge in [-0.15, -0.1) is 11.3 Å². The summed E-state index contributed by atoms with van der Waals surface area (Å²) in [6, 6.07) is 5.99. The van der Waals surface area contributed by atoms with Crippen molar-refractivity contribution >= 4 is 17.2 Å². The van der Waals surface area contributed by atoms with E-state index in [1.807, 2.05) is 43.0 Å². The fourth-order valence-corrected chi connectivity index (χ4v) is 3.78. The van der Waals surface area contributed by atoms with Gasteiger partial charge in [-0.3, -0.25) is 9.48 Å². The van der Waals surface area contributed by atoms with Crippen LogP contribution >= 0.6 is 11.3 Å². The first-order valence-corrected chi connectivity index (χ1v) is 9.83. The van der Waals surface area contributed by atoms with Crippen molar-refractivity contribution in [3.05, 3.63) is 35.5 Å². The number of carbonyl (C=O) groups excluding carboxylic acids is 1. The summed E-state index contributed by atoms with van der Waals surface area (Å²) in [4.78, 5) is 13.3. The van der Waals surface area contributed by atoms with Crippen molar-refractivity contribution in [1.29, 1.82) is 0 Å². The van der Waals surface area contributed by atoms with Gasteiger partial charge in [-0.25, -0.2) is 0 Å². The molecule has 26 heavy (non-hydrogen) atoms. The van der Waals surface area contributed by atoms with Crippen molar-refractivity contribution in [2.45, 2.75) is 40.2 Å². The molecule has 1 amide bonds. The van der Waals surface area contributed by atoms with E-state index in [0.29, 0.717) is 18.8 Å². The summed E-state index contributed by atoms with van der Waals surface area (Å²) in [5.41, 5.74) is 2.75. The molecular formula is C19H24N4O2S. The lowest BCUT2D eigenvalue weighted by Crippen LogP contribution is -2.32. The molecule has 0 aliphatic heterocycles. The molecular weight excluding hydrogens is 348 g/mol. The van der Waals surface area contributed by atoms with Gasteiger partial charge >= 0.3 is 0 Å². The topological polar surface area (TPSA) is 73.0 Å². The summed E-state index contributed by atoms with van der Waals surface area (Å²) in [6.07, 6.45) is 3.52. The Labute approximate surface area is 157 Å². The Hall–Kier alpha value is -2.41. The first-order chi connectivity index (χ1) is 12.6. The summed E-state index contributed by atoms with van der Waals surface area (Å²) in [5.74, 6) is 0.904. The number of rotatable bonds is 8. The van der Waals surface area contributed by atoms with Crippen LogP contribution in [0, 0.1) is 12.8 Å². The Morgan fingerprint density at radius 3 is 2.81 bits per heavy atom. The summed E-state index contributed by atoms with van der Waals surface area (Å²) >= 11 is 1.65. The molecule has 0 spiro atoms. The fraction of sp³-hybridized carbons (Fsp3) is 0.421. The van der Waals surface area contributed by atoms with Crippen LogP contribution < -0.4 is 5.32 Å². The molecule has 0 bridgehead atoms. The van der Waals surface area contributed by atoms with Crippen molar-refractivity contribution in [3.63, 3.8) is 0 Å². The number of hydrogen-bond acceptors (Lipinski definition) is 5. The largest absolute Gasteiger partial charge is 0.356 e. The van der Waals surface area contributed by atoms with Crippen molar-refractivity contribution in [2.75, 3.05) is 6.54 Å². The van der Waals surface area contributed by atoms with E-state index >= 15 is 0 Å². The Kier molecular flexibility index (Phi) is 5.88. The first kappa shape index (κ1) is 18.4. The highest BCUT2D eigenvalue weighted by molar-refractivity contribution is 7.13. The molecule has 3 aromatic heterocycles. The van der Waals surface area contributed by atoms with Gasteiger partial charge in [0.2, 0.25) is 5.91 Å². The average molecular weight is 372 g/mol. The zero-order valence-electron chi connectivity index (χ0n) is 15.4. The van der Waals surface area contributed by atoms with Crippen LogP contribution in [-0.4, -0.2) is 27.4 Å². The minimum Gasteiger partial charge on any atom is -0.356 e. The van der Waals surface area contributed by atoms with Gasteiger partial charge in [0.1, 0.15) is 0 Å². The number of aromatic nitrogens is 3. The van der Waals surface area contributed by atoms with E-state index in [4.69, 9.17) is 4.52 Å². The normalized spacial score (nSPS) is 11.2. The molecule has 0 radical (unpaired) electrons. The van der Waals surface area contributed by atoms with Gasteiger partial charge < -0.3 is 9.84 Å². The van der Waals surface area contributed by atoms with Gasteiger partial charge in [0.15, 0.2) is 5.76 Å². The standard InChI is InChI=1S/C19H24N4O2S/c1-4-14(5-2)19(24)20-8-9-23-18(17-7-6-10-26-17)15(12-21-23)16-11-13(3)22-25-16/h6-7,10-12,14H,4-5,8-9H2,1-3H3,(H,20,24). The number of nitrogens with zero attached hydrogens (tertiary/aromatic N) is 3. The van der Waals surface area contributed by atoms with E-state index in [1.165, 1.54) is 0 Å². The van der Waals surface area contributed by atoms with Crippen LogP contribution in [0.3, 0.4) is 0 Å². The molecule has 0 saturated carbocycles. The van der Waals surface area contributed by atoms with Crippen molar-refractivity contribution in [2.24, 2.45) is 5.92 Å². The van der Waals surface area contributed by atoms with E-state index < -0.39 is 0 Å². The summed E-state index contributed by atoms with van der Waals surface area (Å²) in [5, 5.41) is 13.6. The second kappa shape index (κ2) is 8.31. The van der Waals surface area contributed by atoms with E-state index in [-0.39, 0.29) is 11.8 Å². The Balaban J connectivity index is 1.80. The number of thiophene rings is 1. The number of amides is 1. The molecule has 0 aliphatic rings. The summed E-state index contributed by atoms with van der Waals surface area (Å²) < 4.78 is 7.36. The molecule has 3 heterocycles. The number of hydrogen-bond donors (Lipinski definition) is 1. The highest BCUT2D eigenvalue weighted by Crippen LogP contribution is 2.34. The van der Waals surface area contributed by atoms with Crippen LogP contribution in [0.4, 0.5) is 0 Å². The van der Waals surface area contributed by atoms with Crippen molar-refractivity contribution < 1.29 is 9.32 Å². The minimum absolute atomic E-state index is 0.0807. The molecule has 0 unspecified atom stereocenters. The van der Waals surface area contributed by atoms with Crippen molar-refractivity contribution in [3.8, 4) is 21.9 Å². The zero-order chi connectivity index (χ0) is 18.5. The molecule has 6 nitrogen and oxygen atoms in total. The molecule has 3 aromatic rings. The van der Waals surface area contributed by atoms with Crippen LogP contribution in [0.15, 0.2) is 34.3 Å². The minimum atomic E-state index is 0.0807. The molecule has 0 fully saturated rings. The van der Waals surface area contributed by atoms with Gasteiger partial charge in [-0.05, 0) is 31.2 Å². The number of carbonyl (C=O) groups is 1. The molecule has 0 aliphatic carbocycles. The zero-order valence-corrected chi connectivity index (χ0v) is 16.2. The van der Waals surface area contributed by atoms with E-state index in [9.17, 15) is 4.79 Å². The molecule has 0 aromatic carbocycles. The van der Waals surface area contributed by atoms with Gasteiger partial charge in [-0.2, -0.15) is 5.10 Å². The molecule has 0 saturated heterocycles. The van der Waals surface area contributed by atoms with Crippen LogP contribution in [0.25, 0.3) is 21.9 Å². The van der Waals surface area contributed by atoms with Crippen molar-refractivity contribution in [1.82, 2.24) is 20.3 Å². The van der Waals surface area contributed by atoms with E-state index in [0.717, 1.165) is 34.7 Å². The van der Waals surface area contributed by atoms with Gasteiger partial charge in [0, 0.05) is 18.5 Å². The Bertz CT molecular complexity index is 847. The maximum absolute atomic E-state index is 12.2. The molecule has 0 atom stereocenters.